The van der Waals surface area contributed by atoms with Crippen LogP contribution in [0.15, 0.2) is 218 Å². The number of carboxylic acids is 1. The molecular formula is C111H109N15O23. The summed E-state index contributed by atoms with van der Waals surface area (Å²) in [6.45, 7) is 16.9. The van der Waals surface area contributed by atoms with E-state index in [9.17, 15) is 88.3 Å². The van der Waals surface area contributed by atoms with Crippen LogP contribution in [0.2, 0.25) is 0 Å². The number of anilines is 10. The molecule has 0 aliphatic carbocycles. The first kappa shape index (κ1) is 113. The number of ketones is 3. The third kappa shape index (κ3) is 29.6. The van der Waals surface area contributed by atoms with Crippen molar-refractivity contribution in [3.8, 4) is 52.7 Å². The number of nitriles is 3. The van der Waals surface area contributed by atoms with Gasteiger partial charge in [-0.3, -0.25) is 73.0 Å². The molecule has 0 heterocycles. The van der Waals surface area contributed by atoms with Crippen molar-refractivity contribution >= 4 is 139 Å². The fourth-order valence-corrected chi connectivity index (χ4v) is 15.4. The van der Waals surface area contributed by atoms with Crippen LogP contribution < -0.4 is 82.4 Å². The van der Waals surface area contributed by atoms with Gasteiger partial charge in [0.2, 0.25) is 17.7 Å². The zero-order valence-electron chi connectivity index (χ0n) is 84.1. The van der Waals surface area contributed by atoms with Gasteiger partial charge < -0.3 is 87.5 Å². The molecule has 0 saturated heterocycles. The monoisotopic (exact) mass is 2020 g/mol. The van der Waals surface area contributed by atoms with Gasteiger partial charge in [0, 0.05) is 147 Å². The Morgan fingerprint density at radius 2 is 0.537 bits per heavy atom. The van der Waals surface area contributed by atoms with Gasteiger partial charge in [-0.25, -0.2) is 4.79 Å². The third-order valence-corrected chi connectivity index (χ3v) is 24.2. The minimum Gasteiger partial charge on any atom is -0.494 e. The maximum Gasteiger partial charge on any atom is 0.335 e. The molecule has 12 rings (SSSR count). The Kier molecular flexibility index (Phi) is 40.3. The van der Waals surface area contributed by atoms with Crippen LogP contribution in [0.1, 0.15) is 182 Å². The van der Waals surface area contributed by atoms with Gasteiger partial charge in [-0.15, -0.1) is 0 Å². The highest BCUT2D eigenvalue weighted by Crippen LogP contribution is 2.40. The number of nitro groups is 2. The number of benzene rings is 12. The molecule has 149 heavy (non-hydrogen) atoms. The number of methoxy groups -OCH3 is 6. The Bertz CT molecular complexity index is 7240. The number of rotatable bonds is 37. The van der Waals surface area contributed by atoms with Crippen LogP contribution >= 0.6 is 0 Å². The molecule has 8 amide bonds. The summed E-state index contributed by atoms with van der Waals surface area (Å²) in [4.78, 5) is 173. The number of nitrogens with two attached hydrogens (primary N) is 2. The summed E-state index contributed by atoms with van der Waals surface area (Å²) in [5, 5.41) is 80.1. The second-order valence-electron chi connectivity index (χ2n) is 33.8. The van der Waals surface area contributed by atoms with Crippen molar-refractivity contribution in [1.82, 2.24) is 0 Å². The number of nitrogen functional groups attached to an aromatic ring is 2. The number of carboxylic acid groups (broad SMARTS) is 1. The molecule has 0 bridgehead atoms. The first-order valence-electron chi connectivity index (χ1n) is 45.9. The second-order valence-corrected chi connectivity index (χ2v) is 33.8. The second kappa shape index (κ2) is 53.1. The molecule has 13 N–H and O–H groups in total. The summed E-state index contributed by atoms with van der Waals surface area (Å²) >= 11 is 0. The topological polar surface area (TPSA) is 586 Å². The third-order valence-electron chi connectivity index (χ3n) is 24.2. The Labute approximate surface area is 857 Å². The number of nitrogens with zero attached hydrogens (tertiary/aromatic N) is 5. The number of carbonyl (C=O) groups excluding carboxylic acids is 11. The van der Waals surface area contributed by atoms with Gasteiger partial charge in [0.25, 0.3) is 40.9 Å². The number of Topliss-reactive ketones (excluding diaryl/α,β-unsaturated/α-hetero) is 3. The van der Waals surface area contributed by atoms with E-state index in [1.54, 1.807) is 113 Å². The summed E-state index contributed by atoms with van der Waals surface area (Å²) in [6, 6.07) is 60.5. The summed E-state index contributed by atoms with van der Waals surface area (Å²) in [6.07, 6.45) is -1.24. The zero-order chi connectivity index (χ0) is 109. The smallest absolute Gasteiger partial charge is 0.335 e. The lowest BCUT2D eigenvalue weighted by Gasteiger charge is -2.18. The fraction of sp³-hybridized carbons (Fsp3) is 0.216. The molecule has 3 unspecified atom stereocenters. The standard InChI is InChI=1S/C37H35N5O8.C37H37N5O6.C19H15N3O6.C18H22N2O3/c1-21-6-16-30(33(49-4)22(21)2)41-37(46)29-15-17-31(34(50-5)23(29)3)40-35(44)25-7-11-27(12-8-25)39-36(45)26(18-19-38)20-32(43)24-9-13-28(14-10-24)42(47)48;1-21-6-16-30(33(47-4)22(21)2)42-37(46)29-15-17-31(34(48-5)23(29)3)41-35(44)25-9-13-28(14-10-25)40-36(45)26(18-19-38)20-32(43)24-7-11-27(39)12-8-24;20-10-9-14(11-17(23)12-3-7-16(8-4-12)22(27)28)18(24)21-15-5-1-13(2-6-15)19(25)26;1-10-6-9-15(17(23-5)11(10)2)20-18(21)13-7-8-14(19)16(22-4)12(13)3/h6-17,26H,18,20H2,1-5H3,(H,39,45)(H,40,44)(H,41,46);6-17,26H,18,20,39H2,1-5H3,(H,40,45)(H,41,44)(H,42,46);1-8,14H,9,11H2,(H,21,24)(H,25,26);6-9H,19H2,1-5H3,(H,20,21). The van der Waals surface area contributed by atoms with Crippen molar-refractivity contribution in [3.63, 3.8) is 0 Å². The van der Waals surface area contributed by atoms with E-state index >= 15 is 0 Å². The normalized spacial score (nSPS) is 11.0. The maximum absolute atomic E-state index is 13.3. The molecule has 12 aromatic rings. The van der Waals surface area contributed by atoms with Gasteiger partial charge in [-0.1, -0.05) is 18.2 Å². The van der Waals surface area contributed by atoms with Crippen LogP contribution in [0, 0.1) is 134 Å². The van der Waals surface area contributed by atoms with Gasteiger partial charge in [0.05, 0.1) is 128 Å². The molecule has 12 aromatic carbocycles. The predicted molar refractivity (Wildman–Crippen MR) is 562 cm³/mol. The quantitative estimate of drug-likeness (QED) is 0.00745. The van der Waals surface area contributed by atoms with Crippen molar-refractivity contribution < 1.29 is 101 Å². The summed E-state index contributed by atoms with van der Waals surface area (Å²) < 4.78 is 32.9. The van der Waals surface area contributed by atoms with Gasteiger partial charge in [0.1, 0.15) is 34.5 Å². The molecule has 0 saturated carbocycles. The van der Waals surface area contributed by atoms with Crippen molar-refractivity contribution in [3.05, 3.63) is 339 Å². The van der Waals surface area contributed by atoms with Gasteiger partial charge in [-0.05, 0) is 272 Å². The number of non-ortho nitro benzene ring substituents is 2. The highest BCUT2D eigenvalue weighted by Gasteiger charge is 2.30. The van der Waals surface area contributed by atoms with Gasteiger partial charge in [0.15, 0.2) is 17.3 Å². The number of carbonyl (C=O) groups is 12. The van der Waals surface area contributed by atoms with Crippen LogP contribution in [0.25, 0.3) is 0 Å². The van der Waals surface area contributed by atoms with Gasteiger partial charge >= 0.3 is 5.97 Å². The minimum atomic E-state index is -1.10. The Balaban J connectivity index is 0.000000231. The molecule has 38 heteroatoms. The molecule has 0 aromatic heterocycles. The van der Waals surface area contributed by atoms with Crippen molar-refractivity contribution in [2.75, 3.05) is 96.7 Å². The zero-order valence-corrected chi connectivity index (χ0v) is 84.1. The van der Waals surface area contributed by atoms with Crippen LogP contribution in [-0.4, -0.2) is 128 Å². The molecule has 38 nitrogen and oxygen atoms in total. The Hall–Kier alpha value is -19.4. The van der Waals surface area contributed by atoms with Crippen LogP contribution in [-0.2, 0) is 14.4 Å². The van der Waals surface area contributed by atoms with E-state index in [1.807, 2.05) is 90.9 Å². The van der Waals surface area contributed by atoms with E-state index in [-0.39, 0.29) is 95.7 Å². The van der Waals surface area contributed by atoms with Crippen molar-refractivity contribution in [2.45, 2.75) is 101 Å². The molecule has 3 atom stereocenters. The first-order chi connectivity index (χ1) is 71.0. The SMILES string of the molecule is COc1c(N)ccc(C(=O)Nc2ccc(C)c(C)c2OC)c1C.COc1c(NC(=O)c2ccc(NC(=O)c3ccc(NC(=O)C(CC#N)CC(=O)c4ccc(N)cc4)cc3)c(OC)c2C)ccc(C)c1C.COc1c(NC(=O)c2ccc(NC(=O)c3ccc(NC(=O)C(CC#N)CC(=O)c4ccc([N+](=O)[O-])cc4)cc3)c(OC)c2C)ccc(C)c1C.N#CCC(CC(=O)c1ccc([N+](=O)[O-])cc1)C(=O)Nc1ccc(C(=O)O)cc1. The lowest BCUT2D eigenvalue weighted by molar-refractivity contribution is -0.385. The fourth-order valence-electron chi connectivity index (χ4n) is 15.4. The molecule has 766 valence electrons. The number of ether oxygens (including phenoxy) is 6. The number of hydrogen-bond donors (Lipinski definition) is 11. The van der Waals surface area contributed by atoms with Crippen LogP contribution in [0.5, 0.6) is 34.5 Å². The molecule has 0 spiro atoms. The minimum absolute atomic E-state index is 0.0555. The highest BCUT2D eigenvalue weighted by atomic mass is 16.6. The molecule has 0 aliphatic heterocycles. The number of nitrogens with one attached hydrogen (secondary N) is 8. The number of aryl methyl sites for hydroxylation is 3. The van der Waals surface area contributed by atoms with Crippen LogP contribution in [0.4, 0.5) is 68.2 Å². The first-order valence-corrected chi connectivity index (χ1v) is 45.9. The molecule has 0 fully saturated rings. The van der Waals surface area contributed by atoms with E-state index < -0.39 is 74.7 Å². The molecule has 0 radical (unpaired) electrons. The number of amides is 8. The summed E-state index contributed by atoms with van der Waals surface area (Å²) in [5.41, 5.74) is 26.0. The average molecular weight is 2020 g/mol. The van der Waals surface area contributed by atoms with Crippen molar-refractivity contribution in [2.24, 2.45) is 17.8 Å². The Morgan fingerprint density at radius 3 is 0.799 bits per heavy atom. The predicted octanol–water partition coefficient (Wildman–Crippen LogP) is 19.7. The Morgan fingerprint density at radius 1 is 0.302 bits per heavy atom. The maximum atomic E-state index is 13.3. The number of aromatic carboxylic acids is 1. The largest absolute Gasteiger partial charge is 0.494 e. The van der Waals surface area contributed by atoms with Gasteiger partial charge in [-0.2, -0.15) is 15.8 Å². The van der Waals surface area contributed by atoms with E-state index in [0.29, 0.717) is 136 Å². The average Bonchev–Trinajstić information content (AvgIpc) is 0.807. The van der Waals surface area contributed by atoms with E-state index in [4.69, 9.17) is 50.3 Å². The molecule has 0 aliphatic rings. The summed E-state index contributed by atoms with van der Waals surface area (Å²) in [5.74, 6) is -5.59. The van der Waals surface area contributed by atoms with Crippen LogP contribution in [0.3, 0.4) is 0 Å². The lowest BCUT2D eigenvalue weighted by atomic mass is 9.95. The number of hydrogen-bond acceptors (Lipinski definition) is 27. The summed E-state index contributed by atoms with van der Waals surface area (Å²) in [7, 11) is 9.10. The lowest BCUT2D eigenvalue weighted by Crippen LogP contribution is -2.25. The van der Waals surface area contributed by atoms with Crippen molar-refractivity contribution in [1.29, 1.82) is 15.8 Å². The van der Waals surface area contributed by atoms with E-state index in [2.05, 4.69) is 42.5 Å². The molecular weight excluding hydrogens is 1910 g/mol. The highest BCUT2D eigenvalue weighted by molar-refractivity contribution is 6.12. The van der Waals surface area contributed by atoms with E-state index in [0.717, 1.165) is 33.4 Å². The van der Waals surface area contributed by atoms with E-state index in [1.165, 1.54) is 138 Å². The number of nitro benzene ring substituents is 2.